The summed E-state index contributed by atoms with van der Waals surface area (Å²) in [5.41, 5.74) is -0.430. The summed E-state index contributed by atoms with van der Waals surface area (Å²) in [5, 5.41) is 13.7. The fraction of sp³-hybridized carbons (Fsp3) is 0.316. The number of alkyl halides is 3. The number of hydrogen-bond donors (Lipinski definition) is 1. The molecule has 32 heavy (non-hydrogen) atoms. The van der Waals surface area contributed by atoms with E-state index in [4.69, 9.17) is 0 Å². The molecule has 1 N–H and O–H groups in total. The average molecular weight is 492 g/mol. The van der Waals surface area contributed by atoms with E-state index in [1.54, 1.807) is 13.8 Å². The third-order valence-electron chi connectivity index (χ3n) is 4.54. The van der Waals surface area contributed by atoms with Gasteiger partial charge in [-0.05, 0) is 49.2 Å². The third-order valence-corrected chi connectivity index (χ3v) is 7.39. The summed E-state index contributed by atoms with van der Waals surface area (Å²) >= 11 is 0.699. The van der Waals surface area contributed by atoms with Gasteiger partial charge in [-0.25, -0.2) is 12.7 Å². The molecular weight excluding hydrogens is 471 g/mol. The molecule has 0 saturated heterocycles. The number of nitrogens with one attached hydrogen (secondary N) is 1. The number of carbonyl (C=O) groups excluding carboxylic acids is 1. The van der Waals surface area contributed by atoms with Crippen LogP contribution in [0.3, 0.4) is 0 Å². The number of halogens is 3. The Morgan fingerprint density at radius 2 is 1.81 bits per heavy atom. The van der Waals surface area contributed by atoms with Crippen molar-refractivity contribution in [2.45, 2.75) is 29.8 Å². The topological polar surface area (TPSA) is 110 Å². The third kappa shape index (κ3) is 5.78. The van der Waals surface area contributed by atoms with Crippen molar-refractivity contribution in [3.63, 3.8) is 0 Å². The van der Waals surface area contributed by atoms with Crippen LogP contribution in [0.2, 0.25) is 0 Å². The molecule has 2 rings (SSSR count). The van der Waals surface area contributed by atoms with Gasteiger partial charge in [0, 0.05) is 25.8 Å². The maximum absolute atomic E-state index is 12.8. The number of nitro benzene ring substituents is 1. The van der Waals surface area contributed by atoms with E-state index >= 15 is 0 Å². The SMILES string of the molecule is Cc1cc(S(=O)(=O)N(C)C)cc(NC(=O)CSc2ccc(C(F)(F)F)cc2[N+](=O)[O-])c1C. The van der Waals surface area contributed by atoms with E-state index in [2.05, 4.69) is 5.32 Å². The Kier molecular flexibility index (Phi) is 7.58. The number of amides is 1. The monoisotopic (exact) mass is 491 g/mol. The maximum atomic E-state index is 12.8. The van der Waals surface area contributed by atoms with Gasteiger partial charge in [0.2, 0.25) is 15.9 Å². The fourth-order valence-electron chi connectivity index (χ4n) is 2.60. The summed E-state index contributed by atoms with van der Waals surface area (Å²) in [5.74, 6) is -0.943. The summed E-state index contributed by atoms with van der Waals surface area (Å²) in [6.07, 6.45) is -4.74. The number of sulfonamides is 1. The van der Waals surface area contributed by atoms with Gasteiger partial charge in [-0.2, -0.15) is 13.2 Å². The predicted molar refractivity (Wildman–Crippen MR) is 114 cm³/mol. The summed E-state index contributed by atoms with van der Waals surface area (Å²) < 4.78 is 64.3. The van der Waals surface area contributed by atoms with E-state index < -0.39 is 38.3 Å². The van der Waals surface area contributed by atoms with Crippen molar-refractivity contribution in [3.8, 4) is 0 Å². The summed E-state index contributed by atoms with van der Waals surface area (Å²) in [6.45, 7) is 3.37. The Bertz CT molecular complexity index is 1170. The number of rotatable bonds is 7. The lowest BCUT2D eigenvalue weighted by molar-refractivity contribution is -0.388. The molecular formula is C19H20F3N3O5S2. The molecule has 0 heterocycles. The molecule has 0 atom stereocenters. The number of anilines is 1. The highest BCUT2D eigenvalue weighted by molar-refractivity contribution is 8.00. The van der Waals surface area contributed by atoms with E-state index in [1.165, 1.54) is 26.2 Å². The first-order valence-electron chi connectivity index (χ1n) is 8.96. The normalized spacial score (nSPS) is 12.1. The lowest BCUT2D eigenvalue weighted by Crippen LogP contribution is -2.23. The van der Waals surface area contributed by atoms with Gasteiger partial charge in [-0.1, -0.05) is 0 Å². The minimum absolute atomic E-state index is 0.0214. The van der Waals surface area contributed by atoms with Crippen molar-refractivity contribution in [3.05, 3.63) is 57.1 Å². The Labute approximate surface area is 187 Å². The number of carbonyl (C=O) groups is 1. The van der Waals surface area contributed by atoms with Crippen LogP contribution < -0.4 is 5.32 Å². The first kappa shape index (κ1) is 25.6. The molecule has 2 aromatic rings. The van der Waals surface area contributed by atoms with Crippen molar-refractivity contribution in [1.29, 1.82) is 0 Å². The lowest BCUT2D eigenvalue weighted by atomic mass is 10.1. The molecule has 0 aliphatic heterocycles. The molecule has 0 aliphatic rings. The molecule has 13 heteroatoms. The highest BCUT2D eigenvalue weighted by Gasteiger charge is 2.33. The minimum Gasteiger partial charge on any atom is -0.325 e. The Morgan fingerprint density at radius 1 is 1.19 bits per heavy atom. The first-order chi connectivity index (χ1) is 14.6. The number of thioether (sulfide) groups is 1. The van der Waals surface area contributed by atoms with Crippen LogP contribution in [0, 0.1) is 24.0 Å². The zero-order valence-corrected chi connectivity index (χ0v) is 19.1. The van der Waals surface area contributed by atoms with E-state index in [-0.39, 0.29) is 21.2 Å². The smallest absolute Gasteiger partial charge is 0.325 e. The number of benzene rings is 2. The van der Waals surface area contributed by atoms with Crippen molar-refractivity contribution in [1.82, 2.24) is 4.31 Å². The molecule has 0 saturated carbocycles. The molecule has 0 fully saturated rings. The van der Waals surface area contributed by atoms with E-state index in [0.29, 0.717) is 35.0 Å². The van der Waals surface area contributed by atoms with Gasteiger partial charge in [-0.15, -0.1) is 11.8 Å². The van der Waals surface area contributed by atoms with Gasteiger partial charge in [0.25, 0.3) is 5.69 Å². The fourth-order valence-corrected chi connectivity index (χ4v) is 4.42. The molecule has 0 radical (unpaired) electrons. The van der Waals surface area contributed by atoms with Crippen LogP contribution in [0.1, 0.15) is 16.7 Å². The van der Waals surface area contributed by atoms with E-state index in [1.807, 2.05) is 0 Å². The van der Waals surface area contributed by atoms with Gasteiger partial charge >= 0.3 is 6.18 Å². The molecule has 8 nitrogen and oxygen atoms in total. The average Bonchev–Trinajstić information content (AvgIpc) is 2.68. The van der Waals surface area contributed by atoms with Gasteiger partial charge in [-0.3, -0.25) is 14.9 Å². The lowest BCUT2D eigenvalue weighted by Gasteiger charge is -2.16. The molecule has 1 amide bonds. The van der Waals surface area contributed by atoms with Gasteiger partial charge in [0.05, 0.1) is 26.0 Å². The van der Waals surface area contributed by atoms with Gasteiger partial charge in [0.1, 0.15) is 0 Å². The van der Waals surface area contributed by atoms with Gasteiger partial charge < -0.3 is 5.32 Å². The zero-order valence-electron chi connectivity index (χ0n) is 17.5. The van der Waals surface area contributed by atoms with Crippen LogP contribution in [0.5, 0.6) is 0 Å². The highest BCUT2D eigenvalue weighted by Crippen LogP contribution is 2.36. The quantitative estimate of drug-likeness (QED) is 0.353. The second-order valence-corrected chi connectivity index (χ2v) is 10.1. The molecule has 0 aliphatic carbocycles. The number of hydrogen-bond acceptors (Lipinski definition) is 6. The number of nitrogens with zero attached hydrogens (tertiary/aromatic N) is 2. The molecule has 2 aromatic carbocycles. The second-order valence-electron chi connectivity index (χ2n) is 6.97. The predicted octanol–water partition coefficient (Wildman–Crippen LogP) is 4.21. The van der Waals surface area contributed by atoms with Crippen LogP contribution in [-0.2, 0) is 21.0 Å². The minimum atomic E-state index is -4.74. The van der Waals surface area contributed by atoms with Crippen molar-refractivity contribution >= 4 is 39.1 Å². The van der Waals surface area contributed by atoms with Crippen LogP contribution >= 0.6 is 11.8 Å². The summed E-state index contributed by atoms with van der Waals surface area (Å²) in [6, 6.07) is 4.85. The molecule has 0 unspecified atom stereocenters. The van der Waals surface area contributed by atoms with Crippen molar-refractivity contribution in [2.75, 3.05) is 25.2 Å². The van der Waals surface area contributed by atoms with E-state index in [9.17, 15) is 36.5 Å². The second kappa shape index (κ2) is 9.46. The van der Waals surface area contributed by atoms with Crippen molar-refractivity contribution < 1.29 is 31.3 Å². The van der Waals surface area contributed by atoms with Crippen molar-refractivity contribution in [2.24, 2.45) is 0 Å². The van der Waals surface area contributed by atoms with Crippen LogP contribution in [0.4, 0.5) is 24.5 Å². The van der Waals surface area contributed by atoms with E-state index in [0.717, 1.165) is 10.4 Å². The number of nitro groups is 1. The Balaban J connectivity index is 2.24. The number of aryl methyl sites for hydroxylation is 1. The summed E-state index contributed by atoms with van der Waals surface area (Å²) in [4.78, 5) is 22.5. The maximum Gasteiger partial charge on any atom is 0.416 e. The van der Waals surface area contributed by atoms with Gasteiger partial charge in [0.15, 0.2) is 0 Å². The zero-order chi connectivity index (χ0) is 24.4. The first-order valence-corrected chi connectivity index (χ1v) is 11.4. The standard InChI is InChI=1S/C19H20F3N3O5S2/c1-11-7-14(32(29,30)24(3)4)9-15(12(11)2)23-18(26)10-31-17-6-5-13(19(20,21)22)8-16(17)25(27)28/h5-9H,10H2,1-4H3,(H,23,26). The highest BCUT2D eigenvalue weighted by atomic mass is 32.2. The summed E-state index contributed by atoms with van der Waals surface area (Å²) in [7, 11) is -1.01. The Morgan fingerprint density at radius 3 is 2.34 bits per heavy atom. The molecule has 174 valence electrons. The Hall–Kier alpha value is -2.64. The largest absolute Gasteiger partial charge is 0.416 e. The molecule has 0 aromatic heterocycles. The van der Waals surface area contributed by atoms with Crippen LogP contribution in [-0.4, -0.2) is 43.4 Å². The van der Waals surface area contributed by atoms with Crippen LogP contribution in [0.15, 0.2) is 40.1 Å². The molecule has 0 bridgehead atoms. The molecule has 0 spiro atoms. The van der Waals surface area contributed by atoms with Crippen LogP contribution in [0.25, 0.3) is 0 Å².